The summed E-state index contributed by atoms with van der Waals surface area (Å²) in [4.78, 5) is 7.66. The van der Waals surface area contributed by atoms with Crippen molar-refractivity contribution in [1.82, 2.24) is 9.97 Å². The molecular weight excluding hydrogens is 268 g/mol. The van der Waals surface area contributed by atoms with Gasteiger partial charge in [0.2, 0.25) is 0 Å². The first kappa shape index (κ1) is 17.2. The molecule has 0 fully saturated rings. The number of hydrogen-bond acceptors (Lipinski definition) is 2. The van der Waals surface area contributed by atoms with Gasteiger partial charge in [0.05, 0.1) is 23.8 Å². The molecule has 1 aromatic carbocycles. The maximum Gasteiger partial charge on any atom is 0.120 e. The number of methoxy groups -OCH3 is 1. The van der Waals surface area contributed by atoms with E-state index in [1.807, 2.05) is 31.3 Å². The molecule has 5 N–H and O–H groups in total. The molecule has 0 aliphatic heterocycles. The van der Waals surface area contributed by atoms with Crippen LogP contribution in [-0.2, 0) is 0 Å². The van der Waals surface area contributed by atoms with Crippen molar-refractivity contribution in [3.63, 3.8) is 0 Å². The minimum Gasteiger partial charge on any atom is -0.497 e. The zero-order valence-electron chi connectivity index (χ0n) is 10.7. The van der Waals surface area contributed by atoms with E-state index in [0.29, 0.717) is 0 Å². The van der Waals surface area contributed by atoms with Gasteiger partial charge in [-0.1, -0.05) is 0 Å². The van der Waals surface area contributed by atoms with E-state index in [1.165, 1.54) is 10.8 Å². The molecule has 0 aliphatic carbocycles. The van der Waals surface area contributed by atoms with Gasteiger partial charge in [-0.15, -0.1) is 12.4 Å². The van der Waals surface area contributed by atoms with E-state index in [1.54, 1.807) is 7.11 Å². The summed E-state index contributed by atoms with van der Waals surface area (Å²) in [5.41, 5.74) is 3.21. The molecule has 0 atom stereocenters. The van der Waals surface area contributed by atoms with Crippen LogP contribution in [0.2, 0.25) is 0 Å². The van der Waals surface area contributed by atoms with Gasteiger partial charge in [-0.25, -0.2) is 0 Å². The molecule has 3 aromatic rings. The molecule has 0 saturated heterocycles. The standard InChI is InChI=1S/C13H12N2O.ClH.2H2O/c1-8-13-11(5-6-14-8)10-4-3-9(16-2)7-12(10)15-13;;;/h3-7,15H,1-2H3;1H;2*1H2. The van der Waals surface area contributed by atoms with Gasteiger partial charge >= 0.3 is 0 Å². The molecule has 0 aliphatic rings. The van der Waals surface area contributed by atoms with E-state index < -0.39 is 0 Å². The smallest absolute Gasteiger partial charge is 0.120 e. The Bertz CT molecular complexity index is 682. The number of halogens is 1. The second-order valence-electron chi connectivity index (χ2n) is 3.86. The lowest BCUT2D eigenvalue weighted by atomic mass is 10.1. The van der Waals surface area contributed by atoms with Crippen molar-refractivity contribution >= 4 is 34.2 Å². The van der Waals surface area contributed by atoms with Crippen LogP contribution in [0.25, 0.3) is 21.8 Å². The second-order valence-corrected chi connectivity index (χ2v) is 3.86. The highest BCUT2D eigenvalue weighted by molar-refractivity contribution is 6.08. The molecule has 104 valence electrons. The fourth-order valence-electron chi connectivity index (χ4n) is 2.07. The zero-order chi connectivity index (χ0) is 11.1. The maximum atomic E-state index is 5.21. The largest absolute Gasteiger partial charge is 0.497 e. The van der Waals surface area contributed by atoms with Gasteiger partial charge < -0.3 is 20.7 Å². The number of aromatic nitrogens is 2. The molecule has 6 heteroatoms. The number of aromatic amines is 1. The Hall–Kier alpha value is -1.82. The SMILES string of the molecule is COc1ccc2c(c1)[nH]c1c(C)nccc12.Cl.O.O. The third kappa shape index (κ3) is 2.63. The van der Waals surface area contributed by atoms with Crippen LogP contribution in [0, 0.1) is 6.92 Å². The minimum atomic E-state index is 0. The first-order valence-corrected chi connectivity index (χ1v) is 5.20. The molecule has 0 radical (unpaired) electrons. The Kier molecular flexibility index (Phi) is 5.77. The van der Waals surface area contributed by atoms with Crippen molar-refractivity contribution in [1.29, 1.82) is 0 Å². The summed E-state index contributed by atoms with van der Waals surface area (Å²) in [5.74, 6) is 0.865. The number of pyridine rings is 1. The van der Waals surface area contributed by atoms with Crippen molar-refractivity contribution in [2.45, 2.75) is 6.92 Å². The highest BCUT2D eigenvalue weighted by atomic mass is 35.5. The van der Waals surface area contributed by atoms with Crippen molar-refractivity contribution < 1.29 is 15.7 Å². The first-order valence-electron chi connectivity index (χ1n) is 5.20. The predicted molar refractivity (Wildman–Crippen MR) is 79.4 cm³/mol. The number of aryl methyl sites for hydroxylation is 1. The average molecular weight is 285 g/mol. The van der Waals surface area contributed by atoms with Crippen LogP contribution in [-0.4, -0.2) is 28.0 Å². The lowest BCUT2D eigenvalue weighted by Gasteiger charge is -1.98. The molecule has 2 aromatic heterocycles. The molecule has 0 amide bonds. The van der Waals surface area contributed by atoms with Crippen LogP contribution in [0.5, 0.6) is 5.75 Å². The number of hydrogen-bond donors (Lipinski definition) is 1. The molecule has 0 unspecified atom stereocenters. The summed E-state index contributed by atoms with van der Waals surface area (Å²) in [5, 5.41) is 2.42. The lowest BCUT2D eigenvalue weighted by molar-refractivity contribution is 0.415. The summed E-state index contributed by atoms with van der Waals surface area (Å²) in [6.45, 7) is 2.01. The third-order valence-electron chi connectivity index (χ3n) is 2.92. The number of benzene rings is 1. The van der Waals surface area contributed by atoms with Crippen LogP contribution in [0.4, 0.5) is 0 Å². The third-order valence-corrected chi connectivity index (χ3v) is 2.92. The number of H-pyrrole nitrogens is 1. The average Bonchev–Trinajstić information content (AvgIpc) is 2.68. The number of fused-ring (bicyclic) bond motifs is 3. The predicted octanol–water partition coefficient (Wildman–Crippen LogP) is 1.81. The van der Waals surface area contributed by atoms with Gasteiger partial charge in [0.25, 0.3) is 0 Å². The monoisotopic (exact) mass is 284 g/mol. The van der Waals surface area contributed by atoms with Crippen molar-refractivity contribution in [3.05, 3.63) is 36.2 Å². The van der Waals surface area contributed by atoms with Gasteiger partial charge in [-0.05, 0) is 25.1 Å². The first-order chi connectivity index (χ1) is 7.79. The zero-order valence-corrected chi connectivity index (χ0v) is 11.5. The highest BCUT2D eigenvalue weighted by Crippen LogP contribution is 2.28. The lowest BCUT2D eigenvalue weighted by Crippen LogP contribution is -1.80. The van der Waals surface area contributed by atoms with Gasteiger partial charge in [0, 0.05) is 23.0 Å². The molecular formula is C13H17ClN2O3. The number of nitrogens with zero attached hydrogens (tertiary/aromatic N) is 1. The molecule has 5 nitrogen and oxygen atoms in total. The summed E-state index contributed by atoms with van der Waals surface area (Å²) in [6, 6.07) is 8.10. The normalized spacial score (nSPS) is 9.37. The topological polar surface area (TPSA) is 101 Å². The van der Waals surface area contributed by atoms with E-state index in [2.05, 4.69) is 16.0 Å². The molecule has 0 spiro atoms. The molecule has 3 rings (SSSR count). The number of ether oxygens (including phenoxy) is 1. The van der Waals surface area contributed by atoms with Crippen molar-refractivity contribution in [2.75, 3.05) is 7.11 Å². The second kappa shape index (κ2) is 6.38. The van der Waals surface area contributed by atoms with E-state index in [9.17, 15) is 0 Å². The number of rotatable bonds is 1. The molecule has 0 bridgehead atoms. The summed E-state index contributed by atoms with van der Waals surface area (Å²) >= 11 is 0. The van der Waals surface area contributed by atoms with Crippen LogP contribution in [0.1, 0.15) is 5.69 Å². The van der Waals surface area contributed by atoms with E-state index >= 15 is 0 Å². The Labute approximate surface area is 116 Å². The Morgan fingerprint density at radius 1 is 1.11 bits per heavy atom. The van der Waals surface area contributed by atoms with Gasteiger partial charge in [-0.2, -0.15) is 0 Å². The van der Waals surface area contributed by atoms with Crippen LogP contribution < -0.4 is 4.74 Å². The van der Waals surface area contributed by atoms with Crippen LogP contribution in [0.15, 0.2) is 30.5 Å². The Balaban J connectivity index is 0.00000108. The Morgan fingerprint density at radius 3 is 2.53 bits per heavy atom. The Morgan fingerprint density at radius 2 is 1.84 bits per heavy atom. The fraction of sp³-hybridized carbons (Fsp3) is 0.154. The summed E-state index contributed by atoms with van der Waals surface area (Å²) in [6.07, 6.45) is 1.84. The minimum absolute atomic E-state index is 0. The molecule has 0 saturated carbocycles. The quantitative estimate of drug-likeness (QED) is 0.736. The number of nitrogens with one attached hydrogen (secondary N) is 1. The van der Waals surface area contributed by atoms with E-state index in [4.69, 9.17) is 4.74 Å². The molecule has 2 heterocycles. The van der Waals surface area contributed by atoms with Gasteiger partial charge in [-0.3, -0.25) is 4.98 Å². The summed E-state index contributed by atoms with van der Waals surface area (Å²) < 4.78 is 5.21. The van der Waals surface area contributed by atoms with Gasteiger partial charge in [0.1, 0.15) is 5.75 Å². The van der Waals surface area contributed by atoms with E-state index in [-0.39, 0.29) is 23.4 Å². The maximum absolute atomic E-state index is 5.21. The highest BCUT2D eigenvalue weighted by Gasteiger charge is 2.06. The molecule has 19 heavy (non-hydrogen) atoms. The fourth-order valence-corrected chi connectivity index (χ4v) is 2.07. The van der Waals surface area contributed by atoms with E-state index in [0.717, 1.165) is 22.5 Å². The van der Waals surface area contributed by atoms with Gasteiger partial charge in [0.15, 0.2) is 0 Å². The van der Waals surface area contributed by atoms with Crippen LogP contribution in [0.3, 0.4) is 0 Å². The van der Waals surface area contributed by atoms with Crippen molar-refractivity contribution in [3.8, 4) is 5.75 Å². The van der Waals surface area contributed by atoms with Crippen LogP contribution >= 0.6 is 12.4 Å². The summed E-state index contributed by atoms with van der Waals surface area (Å²) in [7, 11) is 1.68. The van der Waals surface area contributed by atoms with Crippen molar-refractivity contribution in [2.24, 2.45) is 0 Å².